The zero-order valence-electron chi connectivity index (χ0n) is 10.1. The van der Waals surface area contributed by atoms with Crippen LogP contribution < -0.4 is 0 Å². The first kappa shape index (κ1) is 15.3. The Kier molecular flexibility index (Phi) is 5.20. The van der Waals surface area contributed by atoms with E-state index in [0.29, 0.717) is 12.1 Å². The van der Waals surface area contributed by atoms with Gasteiger partial charge in [0, 0.05) is 11.6 Å². The highest BCUT2D eigenvalue weighted by molar-refractivity contribution is 5.70. The van der Waals surface area contributed by atoms with E-state index in [0.717, 1.165) is 0 Å². The number of carbonyl (C=O) groups is 1. The predicted molar refractivity (Wildman–Crippen MR) is 60.2 cm³/mol. The molecule has 3 N–H and O–H groups in total. The largest absolute Gasteiger partial charge is 0.507 e. The molecule has 1 aromatic rings. The third kappa shape index (κ3) is 3.87. The number of halogens is 2. The Labute approximate surface area is 108 Å². The third-order valence-corrected chi connectivity index (χ3v) is 2.43. The van der Waals surface area contributed by atoms with Gasteiger partial charge in [-0.1, -0.05) is 0 Å². The second-order valence-corrected chi connectivity index (χ2v) is 3.85. The highest BCUT2D eigenvalue weighted by atomic mass is 19.2. The van der Waals surface area contributed by atoms with Crippen molar-refractivity contribution in [2.24, 2.45) is 0 Å². The normalized spacial score (nSPS) is 13.9. The maximum Gasteiger partial charge on any atom is 0.308 e. The maximum absolute atomic E-state index is 13.0. The molecular formula is C12H14F2O5. The number of rotatable bonds is 5. The van der Waals surface area contributed by atoms with Crippen molar-refractivity contribution in [3.8, 4) is 5.75 Å². The van der Waals surface area contributed by atoms with Crippen LogP contribution in [0.4, 0.5) is 8.78 Å². The molecule has 0 fully saturated rings. The summed E-state index contributed by atoms with van der Waals surface area (Å²) < 4.78 is 30.3. The topological polar surface area (TPSA) is 87.0 Å². The molecule has 1 rings (SSSR count). The lowest BCUT2D eigenvalue weighted by molar-refractivity contribution is -0.147. The molecule has 0 radical (unpaired) electrons. The number of aliphatic hydroxyl groups is 2. The van der Waals surface area contributed by atoms with Crippen LogP contribution in [-0.2, 0) is 9.53 Å². The van der Waals surface area contributed by atoms with Gasteiger partial charge < -0.3 is 20.1 Å². The summed E-state index contributed by atoms with van der Waals surface area (Å²) in [4.78, 5) is 11.1. The molecule has 0 amide bonds. The van der Waals surface area contributed by atoms with Crippen LogP contribution in [0.1, 0.15) is 25.0 Å². The smallest absolute Gasteiger partial charge is 0.308 e. The molecule has 106 valence electrons. The molecule has 2 unspecified atom stereocenters. The van der Waals surface area contributed by atoms with Gasteiger partial charge in [-0.25, -0.2) is 8.78 Å². The van der Waals surface area contributed by atoms with Crippen molar-refractivity contribution in [2.75, 3.05) is 6.61 Å². The predicted octanol–water partition coefficient (Wildman–Crippen LogP) is 1.02. The molecule has 0 heterocycles. The number of aromatic hydroxyl groups is 1. The minimum atomic E-state index is -1.74. The van der Waals surface area contributed by atoms with Crippen molar-refractivity contribution in [3.05, 3.63) is 29.3 Å². The number of ether oxygens (including phenoxy) is 1. The van der Waals surface area contributed by atoms with E-state index in [1.807, 2.05) is 0 Å². The van der Waals surface area contributed by atoms with Crippen LogP contribution in [0.3, 0.4) is 0 Å². The van der Waals surface area contributed by atoms with Crippen molar-refractivity contribution in [1.29, 1.82) is 0 Å². The van der Waals surface area contributed by atoms with Gasteiger partial charge in [-0.2, -0.15) is 0 Å². The number of benzene rings is 1. The molecule has 0 spiro atoms. The SMILES string of the molecule is CCOC(=O)CC(O)C(O)c1cc(F)c(F)cc1O. The third-order valence-electron chi connectivity index (χ3n) is 2.43. The molecule has 0 saturated heterocycles. The Hall–Kier alpha value is -1.73. The molecule has 5 nitrogen and oxygen atoms in total. The molecule has 0 bridgehead atoms. The molecule has 7 heteroatoms. The van der Waals surface area contributed by atoms with Gasteiger partial charge in [0.1, 0.15) is 11.9 Å². The van der Waals surface area contributed by atoms with E-state index in [1.54, 1.807) is 6.92 Å². The van der Waals surface area contributed by atoms with E-state index in [4.69, 9.17) is 0 Å². The van der Waals surface area contributed by atoms with Crippen LogP contribution >= 0.6 is 0 Å². The van der Waals surface area contributed by atoms with Gasteiger partial charge in [-0.05, 0) is 13.0 Å². The Morgan fingerprint density at radius 2 is 1.89 bits per heavy atom. The number of esters is 1. The Bertz CT molecular complexity index is 464. The number of hydrogen-bond donors (Lipinski definition) is 3. The summed E-state index contributed by atoms with van der Waals surface area (Å²) in [6.07, 6.45) is -3.87. The number of phenols is 1. The lowest BCUT2D eigenvalue weighted by Crippen LogP contribution is -2.23. The fourth-order valence-corrected chi connectivity index (χ4v) is 1.50. The molecule has 0 aliphatic rings. The Balaban J connectivity index is 2.85. The summed E-state index contributed by atoms with van der Waals surface area (Å²) in [6, 6.07) is 1.04. The second-order valence-electron chi connectivity index (χ2n) is 3.85. The van der Waals surface area contributed by atoms with Crippen LogP contribution in [0.25, 0.3) is 0 Å². The summed E-state index contributed by atoms with van der Waals surface area (Å²) in [5.74, 6) is -4.03. The maximum atomic E-state index is 13.0. The van der Waals surface area contributed by atoms with E-state index in [1.165, 1.54) is 0 Å². The Morgan fingerprint density at radius 1 is 1.32 bits per heavy atom. The number of carbonyl (C=O) groups excluding carboxylic acids is 1. The van der Waals surface area contributed by atoms with Gasteiger partial charge >= 0.3 is 5.97 Å². The minimum Gasteiger partial charge on any atom is -0.507 e. The van der Waals surface area contributed by atoms with Crippen molar-refractivity contribution < 1.29 is 33.6 Å². The van der Waals surface area contributed by atoms with E-state index in [9.17, 15) is 28.9 Å². The Morgan fingerprint density at radius 3 is 2.47 bits per heavy atom. The van der Waals surface area contributed by atoms with E-state index in [2.05, 4.69) is 4.74 Å². The van der Waals surface area contributed by atoms with Crippen LogP contribution in [0.5, 0.6) is 5.75 Å². The number of hydrogen-bond acceptors (Lipinski definition) is 5. The first-order valence-electron chi connectivity index (χ1n) is 5.56. The first-order valence-corrected chi connectivity index (χ1v) is 5.56. The summed E-state index contributed by atoms with van der Waals surface area (Å²) >= 11 is 0. The van der Waals surface area contributed by atoms with Crippen molar-refractivity contribution >= 4 is 5.97 Å². The van der Waals surface area contributed by atoms with Gasteiger partial charge in [0.2, 0.25) is 0 Å². The van der Waals surface area contributed by atoms with Crippen molar-refractivity contribution in [2.45, 2.75) is 25.6 Å². The highest BCUT2D eigenvalue weighted by Crippen LogP contribution is 2.29. The lowest BCUT2D eigenvalue weighted by Gasteiger charge is -2.18. The van der Waals surface area contributed by atoms with Gasteiger partial charge in [0.05, 0.1) is 19.1 Å². The van der Waals surface area contributed by atoms with Crippen molar-refractivity contribution in [3.63, 3.8) is 0 Å². The standard InChI is InChI=1S/C12H14F2O5/c1-2-19-11(17)5-10(16)12(18)6-3-7(13)8(14)4-9(6)15/h3-4,10,12,15-16,18H,2,5H2,1H3. The molecule has 1 aromatic carbocycles. The molecule has 0 aliphatic carbocycles. The average molecular weight is 276 g/mol. The monoisotopic (exact) mass is 276 g/mol. The molecule has 0 saturated carbocycles. The van der Waals surface area contributed by atoms with Crippen LogP contribution in [0.2, 0.25) is 0 Å². The second kappa shape index (κ2) is 6.44. The molecular weight excluding hydrogens is 262 g/mol. The van der Waals surface area contributed by atoms with E-state index < -0.39 is 47.5 Å². The molecule has 0 aliphatic heterocycles. The quantitative estimate of drug-likeness (QED) is 0.699. The van der Waals surface area contributed by atoms with E-state index >= 15 is 0 Å². The highest BCUT2D eigenvalue weighted by Gasteiger charge is 2.25. The zero-order chi connectivity index (χ0) is 14.6. The fourth-order valence-electron chi connectivity index (χ4n) is 1.50. The average Bonchev–Trinajstić information content (AvgIpc) is 2.33. The summed E-state index contributed by atoms with van der Waals surface area (Å²) in [6.45, 7) is 1.68. The number of phenolic OH excluding ortho intramolecular Hbond substituents is 1. The summed E-state index contributed by atoms with van der Waals surface area (Å²) in [5, 5.41) is 28.6. The molecule has 2 atom stereocenters. The van der Waals surface area contributed by atoms with E-state index in [-0.39, 0.29) is 6.61 Å². The van der Waals surface area contributed by atoms with Gasteiger partial charge in [0.15, 0.2) is 11.6 Å². The first-order chi connectivity index (χ1) is 8.86. The van der Waals surface area contributed by atoms with Gasteiger partial charge in [0.25, 0.3) is 0 Å². The van der Waals surface area contributed by atoms with Crippen LogP contribution in [0, 0.1) is 11.6 Å². The zero-order valence-corrected chi connectivity index (χ0v) is 10.1. The molecule has 0 aromatic heterocycles. The minimum absolute atomic E-state index is 0.109. The number of aliphatic hydroxyl groups excluding tert-OH is 2. The summed E-state index contributed by atoms with van der Waals surface area (Å²) in [5.41, 5.74) is -0.407. The molecule has 19 heavy (non-hydrogen) atoms. The van der Waals surface area contributed by atoms with Crippen LogP contribution in [0.15, 0.2) is 12.1 Å². The van der Waals surface area contributed by atoms with Crippen LogP contribution in [-0.4, -0.2) is 34.0 Å². The summed E-state index contributed by atoms with van der Waals surface area (Å²) in [7, 11) is 0. The fraction of sp³-hybridized carbons (Fsp3) is 0.417. The van der Waals surface area contributed by atoms with Crippen molar-refractivity contribution in [1.82, 2.24) is 0 Å². The van der Waals surface area contributed by atoms with Gasteiger partial charge in [-0.3, -0.25) is 4.79 Å². The van der Waals surface area contributed by atoms with Gasteiger partial charge in [-0.15, -0.1) is 0 Å². The lowest BCUT2D eigenvalue weighted by atomic mass is 10.0.